The van der Waals surface area contributed by atoms with E-state index in [1.807, 2.05) is 30.3 Å². The van der Waals surface area contributed by atoms with Crippen LogP contribution in [0.25, 0.3) is 11.1 Å². The molecular formula is C25H18F2N4O3. The molecular weight excluding hydrogens is 442 g/mol. The van der Waals surface area contributed by atoms with Crippen molar-refractivity contribution in [3.63, 3.8) is 0 Å². The van der Waals surface area contributed by atoms with E-state index in [0.29, 0.717) is 0 Å². The van der Waals surface area contributed by atoms with Crippen LogP contribution < -0.4 is 15.4 Å². The first-order valence-corrected chi connectivity index (χ1v) is 10.1. The third-order valence-electron chi connectivity index (χ3n) is 4.78. The smallest absolute Gasteiger partial charge is 0.274 e. The van der Waals surface area contributed by atoms with E-state index >= 15 is 0 Å². The lowest BCUT2D eigenvalue weighted by atomic mass is 10.1. The minimum absolute atomic E-state index is 0.000930. The topological polar surface area (TPSA) is 93.2 Å². The second-order valence-corrected chi connectivity index (χ2v) is 7.07. The lowest BCUT2D eigenvalue weighted by molar-refractivity contribution is 0.0957. The van der Waals surface area contributed by atoms with Gasteiger partial charge in [0.25, 0.3) is 11.8 Å². The molecule has 0 saturated carbocycles. The van der Waals surface area contributed by atoms with Gasteiger partial charge >= 0.3 is 0 Å². The number of amides is 2. The van der Waals surface area contributed by atoms with Crippen LogP contribution in [0.2, 0.25) is 0 Å². The first kappa shape index (κ1) is 22.5. The quantitative estimate of drug-likeness (QED) is 0.430. The molecule has 34 heavy (non-hydrogen) atoms. The van der Waals surface area contributed by atoms with Crippen molar-refractivity contribution in [1.82, 2.24) is 15.3 Å². The molecule has 0 fully saturated rings. The lowest BCUT2D eigenvalue weighted by Crippen LogP contribution is -2.19. The molecule has 0 aliphatic rings. The second kappa shape index (κ2) is 9.86. The summed E-state index contributed by atoms with van der Waals surface area (Å²) in [5.41, 5.74) is 1.05. The van der Waals surface area contributed by atoms with Crippen molar-refractivity contribution in [3.8, 4) is 22.6 Å². The zero-order valence-corrected chi connectivity index (χ0v) is 17.9. The first-order chi connectivity index (χ1) is 16.4. The van der Waals surface area contributed by atoms with Gasteiger partial charge in [-0.05, 0) is 29.3 Å². The van der Waals surface area contributed by atoms with E-state index < -0.39 is 29.1 Å². The van der Waals surface area contributed by atoms with Crippen LogP contribution in [0.15, 0.2) is 79.1 Å². The van der Waals surface area contributed by atoms with E-state index in [1.165, 1.54) is 37.6 Å². The highest BCUT2D eigenvalue weighted by molar-refractivity contribution is 6.03. The second-order valence-electron chi connectivity index (χ2n) is 7.07. The Bertz CT molecular complexity index is 1340. The van der Waals surface area contributed by atoms with Crippen molar-refractivity contribution < 1.29 is 23.1 Å². The molecule has 0 radical (unpaired) electrons. The minimum atomic E-state index is -1.04. The Hall–Kier alpha value is -4.66. The first-order valence-electron chi connectivity index (χ1n) is 10.1. The van der Waals surface area contributed by atoms with Crippen molar-refractivity contribution >= 4 is 17.5 Å². The van der Waals surface area contributed by atoms with E-state index in [-0.39, 0.29) is 22.9 Å². The Morgan fingerprint density at radius 1 is 0.765 bits per heavy atom. The van der Waals surface area contributed by atoms with Gasteiger partial charge in [-0.25, -0.2) is 8.78 Å². The fourth-order valence-electron chi connectivity index (χ4n) is 3.13. The Labute approximate surface area is 193 Å². The van der Waals surface area contributed by atoms with Gasteiger partial charge in [0, 0.05) is 37.6 Å². The van der Waals surface area contributed by atoms with Gasteiger partial charge in [0.1, 0.15) is 28.6 Å². The van der Waals surface area contributed by atoms with E-state index in [9.17, 15) is 18.4 Å². The summed E-state index contributed by atoms with van der Waals surface area (Å²) >= 11 is 0. The largest absolute Gasteiger partial charge is 0.457 e. The molecule has 7 nitrogen and oxygen atoms in total. The lowest BCUT2D eigenvalue weighted by Gasteiger charge is -2.11. The van der Waals surface area contributed by atoms with Gasteiger partial charge in [-0.15, -0.1) is 0 Å². The summed E-state index contributed by atoms with van der Waals surface area (Å²) in [4.78, 5) is 32.2. The number of ether oxygens (including phenoxy) is 1. The molecule has 0 unspecified atom stereocenters. The van der Waals surface area contributed by atoms with Crippen LogP contribution in [0.5, 0.6) is 11.5 Å². The molecule has 2 heterocycles. The molecule has 2 N–H and O–H groups in total. The highest BCUT2D eigenvalue weighted by Gasteiger charge is 2.18. The predicted octanol–water partition coefficient (Wildman–Crippen LogP) is 4.83. The molecule has 2 amide bonds. The predicted molar refractivity (Wildman–Crippen MR) is 122 cm³/mol. The fraction of sp³-hybridized carbons (Fsp3) is 0.0400. The third-order valence-corrected chi connectivity index (χ3v) is 4.78. The van der Waals surface area contributed by atoms with Gasteiger partial charge in [-0.3, -0.25) is 19.6 Å². The molecule has 0 aliphatic heterocycles. The van der Waals surface area contributed by atoms with Crippen molar-refractivity contribution in [2.45, 2.75) is 0 Å². The van der Waals surface area contributed by atoms with Crippen LogP contribution in [0, 0.1) is 11.6 Å². The number of carbonyl (C=O) groups is 2. The Morgan fingerprint density at radius 2 is 1.41 bits per heavy atom. The average Bonchev–Trinajstić information content (AvgIpc) is 2.86. The molecule has 0 aliphatic carbocycles. The maximum absolute atomic E-state index is 14.7. The monoisotopic (exact) mass is 460 g/mol. The van der Waals surface area contributed by atoms with E-state index in [0.717, 1.165) is 23.3 Å². The maximum Gasteiger partial charge on any atom is 0.274 e. The highest BCUT2D eigenvalue weighted by atomic mass is 19.1. The standard InChI is InChI=1S/C25H18F2N4O3/c1-28-24(32)22-14-17(8-10-30-22)34-18-12-19(26)23(20(27)13-18)31-25(33)21-11-16(7-9-29-21)15-5-3-2-4-6-15/h2-14H,1H3,(H,28,32)(H,31,33). The number of carbonyl (C=O) groups excluding carboxylic acids is 2. The minimum Gasteiger partial charge on any atom is -0.457 e. The van der Waals surface area contributed by atoms with Crippen LogP contribution in [-0.2, 0) is 0 Å². The van der Waals surface area contributed by atoms with Gasteiger partial charge in [0.05, 0.1) is 0 Å². The number of halogens is 2. The van der Waals surface area contributed by atoms with Crippen molar-refractivity contribution in [3.05, 3.63) is 102 Å². The van der Waals surface area contributed by atoms with Crippen LogP contribution >= 0.6 is 0 Å². The van der Waals surface area contributed by atoms with Crippen LogP contribution in [-0.4, -0.2) is 28.8 Å². The van der Waals surface area contributed by atoms with E-state index in [2.05, 4.69) is 20.6 Å². The van der Waals surface area contributed by atoms with Crippen molar-refractivity contribution in [2.24, 2.45) is 0 Å². The van der Waals surface area contributed by atoms with Crippen molar-refractivity contribution in [2.75, 3.05) is 12.4 Å². The molecule has 9 heteroatoms. The maximum atomic E-state index is 14.7. The molecule has 2 aromatic heterocycles. The molecule has 2 aromatic carbocycles. The van der Waals surface area contributed by atoms with Gasteiger partial charge in [0.15, 0.2) is 11.6 Å². The normalized spacial score (nSPS) is 10.4. The summed E-state index contributed by atoms with van der Waals surface area (Å²) < 4.78 is 34.8. The van der Waals surface area contributed by atoms with Crippen LogP contribution in [0.4, 0.5) is 14.5 Å². The summed E-state index contributed by atoms with van der Waals surface area (Å²) in [7, 11) is 1.45. The van der Waals surface area contributed by atoms with Crippen LogP contribution in [0.1, 0.15) is 21.0 Å². The highest BCUT2D eigenvalue weighted by Crippen LogP contribution is 2.29. The summed E-state index contributed by atoms with van der Waals surface area (Å²) in [5.74, 6) is -3.29. The summed E-state index contributed by atoms with van der Waals surface area (Å²) in [6, 6.07) is 17.2. The number of nitrogens with zero attached hydrogens (tertiary/aromatic N) is 2. The SMILES string of the molecule is CNC(=O)c1cc(Oc2cc(F)c(NC(=O)c3cc(-c4ccccc4)ccn3)c(F)c2)ccn1. The number of nitrogens with one attached hydrogen (secondary N) is 2. The molecule has 0 bridgehead atoms. The number of benzene rings is 2. The van der Waals surface area contributed by atoms with Crippen molar-refractivity contribution in [1.29, 1.82) is 0 Å². The Balaban J connectivity index is 1.53. The number of hydrogen-bond acceptors (Lipinski definition) is 5. The van der Waals surface area contributed by atoms with Gasteiger partial charge in [-0.1, -0.05) is 30.3 Å². The number of rotatable bonds is 6. The molecule has 0 atom stereocenters. The third kappa shape index (κ3) is 5.04. The summed E-state index contributed by atoms with van der Waals surface area (Å²) in [6.45, 7) is 0. The van der Waals surface area contributed by atoms with E-state index in [4.69, 9.17) is 4.74 Å². The number of hydrogen-bond donors (Lipinski definition) is 2. The Morgan fingerprint density at radius 3 is 2.09 bits per heavy atom. The summed E-state index contributed by atoms with van der Waals surface area (Å²) in [5, 5.41) is 4.65. The van der Waals surface area contributed by atoms with E-state index in [1.54, 1.807) is 6.07 Å². The van der Waals surface area contributed by atoms with Gasteiger partial charge < -0.3 is 15.4 Å². The Kier molecular flexibility index (Phi) is 6.54. The molecule has 4 aromatic rings. The number of pyridine rings is 2. The number of aromatic nitrogens is 2. The molecule has 170 valence electrons. The molecule has 0 saturated heterocycles. The van der Waals surface area contributed by atoms with Gasteiger partial charge in [0.2, 0.25) is 0 Å². The number of anilines is 1. The summed E-state index contributed by atoms with van der Waals surface area (Å²) in [6.07, 6.45) is 2.78. The van der Waals surface area contributed by atoms with Crippen LogP contribution in [0.3, 0.4) is 0 Å². The average molecular weight is 460 g/mol. The fourth-order valence-corrected chi connectivity index (χ4v) is 3.13. The molecule has 4 rings (SSSR count). The molecule has 0 spiro atoms. The van der Waals surface area contributed by atoms with Gasteiger partial charge in [-0.2, -0.15) is 0 Å². The zero-order valence-electron chi connectivity index (χ0n) is 17.9. The zero-order chi connectivity index (χ0) is 24.1.